The molecule has 0 aromatic heterocycles. The van der Waals surface area contributed by atoms with E-state index in [-0.39, 0.29) is 5.91 Å². The Kier molecular flexibility index (Phi) is 6.73. The minimum absolute atomic E-state index is 0.0604. The van der Waals surface area contributed by atoms with Crippen molar-refractivity contribution in [2.75, 3.05) is 13.7 Å². The number of hydrogen-bond donors (Lipinski definition) is 1. The predicted molar refractivity (Wildman–Crippen MR) is 87.6 cm³/mol. The summed E-state index contributed by atoms with van der Waals surface area (Å²) in [7, 11) is 1.64. The molecule has 0 bridgehead atoms. The Hall–Kier alpha value is -1.51. The summed E-state index contributed by atoms with van der Waals surface area (Å²) >= 11 is 0. The number of carbonyl (C=O) groups is 1. The van der Waals surface area contributed by atoms with Crippen molar-refractivity contribution < 1.29 is 9.53 Å². The zero-order chi connectivity index (χ0) is 16.0. The summed E-state index contributed by atoms with van der Waals surface area (Å²) in [5, 5.41) is 3.07. The van der Waals surface area contributed by atoms with Crippen LogP contribution in [-0.2, 0) is 11.2 Å². The maximum absolute atomic E-state index is 12.2. The van der Waals surface area contributed by atoms with Crippen LogP contribution in [0, 0.1) is 24.7 Å². The third-order valence-corrected chi connectivity index (χ3v) is 4.03. The van der Waals surface area contributed by atoms with Crippen LogP contribution >= 0.6 is 0 Å². The van der Waals surface area contributed by atoms with Gasteiger partial charge in [0.15, 0.2) is 0 Å². The summed E-state index contributed by atoms with van der Waals surface area (Å²) in [5.41, 5.74) is 2.08. The van der Waals surface area contributed by atoms with Gasteiger partial charge >= 0.3 is 0 Å². The second-order valence-corrected chi connectivity index (χ2v) is 6.45. The highest BCUT2D eigenvalue weighted by Gasteiger charge is 2.18. The second-order valence-electron chi connectivity index (χ2n) is 6.45. The van der Waals surface area contributed by atoms with E-state index < -0.39 is 0 Å². The highest BCUT2D eigenvalue weighted by Crippen LogP contribution is 2.21. The first-order valence-corrected chi connectivity index (χ1v) is 7.75. The van der Waals surface area contributed by atoms with E-state index in [1.807, 2.05) is 25.1 Å². The highest BCUT2D eigenvalue weighted by atomic mass is 16.5. The average Bonchev–Trinajstić information content (AvgIpc) is 2.38. The van der Waals surface area contributed by atoms with Crippen molar-refractivity contribution in [3.8, 4) is 5.75 Å². The van der Waals surface area contributed by atoms with Crippen molar-refractivity contribution in [2.45, 2.75) is 41.0 Å². The van der Waals surface area contributed by atoms with Crippen LogP contribution < -0.4 is 10.1 Å². The fourth-order valence-corrected chi connectivity index (χ4v) is 2.75. The molecule has 1 aromatic carbocycles. The summed E-state index contributed by atoms with van der Waals surface area (Å²) in [5.74, 6) is 2.48. The molecular formula is C18H29NO2. The largest absolute Gasteiger partial charge is 0.496 e. The quantitative estimate of drug-likeness (QED) is 0.833. The Labute approximate surface area is 129 Å². The summed E-state index contributed by atoms with van der Waals surface area (Å²) in [6.07, 6.45) is 0.369. The molecule has 0 saturated heterocycles. The SMILES string of the molecule is COc1ccc(C)cc1CC(=O)NCC(C(C)C)C(C)C. The molecule has 0 aliphatic heterocycles. The van der Waals surface area contributed by atoms with Crippen molar-refractivity contribution in [2.24, 2.45) is 17.8 Å². The molecule has 0 saturated carbocycles. The van der Waals surface area contributed by atoms with Crippen molar-refractivity contribution >= 4 is 5.91 Å². The van der Waals surface area contributed by atoms with Crippen LogP contribution in [0.1, 0.15) is 38.8 Å². The van der Waals surface area contributed by atoms with Crippen LogP contribution in [-0.4, -0.2) is 19.6 Å². The van der Waals surface area contributed by atoms with E-state index in [2.05, 4.69) is 33.0 Å². The molecule has 1 aromatic rings. The van der Waals surface area contributed by atoms with Gasteiger partial charge in [0, 0.05) is 12.1 Å². The predicted octanol–water partition coefficient (Wildman–Crippen LogP) is 3.59. The zero-order valence-corrected chi connectivity index (χ0v) is 14.2. The number of benzene rings is 1. The Morgan fingerprint density at radius 3 is 2.33 bits per heavy atom. The molecule has 3 nitrogen and oxygen atoms in total. The van der Waals surface area contributed by atoms with Gasteiger partial charge in [-0.25, -0.2) is 0 Å². The highest BCUT2D eigenvalue weighted by molar-refractivity contribution is 5.79. The van der Waals surface area contributed by atoms with E-state index in [9.17, 15) is 4.79 Å². The molecule has 0 unspecified atom stereocenters. The molecule has 0 spiro atoms. The van der Waals surface area contributed by atoms with E-state index in [0.717, 1.165) is 23.4 Å². The minimum Gasteiger partial charge on any atom is -0.496 e. The standard InChI is InChI=1S/C18H29NO2/c1-12(2)16(13(3)4)11-19-18(20)10-15-9-14(5)7-8-17(15)21-6/h7-9,12-13,16H,10-11H2,1-6H3,(H,19,20). The molecule has 1 amide bonds. The Morgan fingerprint density at radius 2 is 1.81 bits per heavy atom. The molecule has 0 radical (unpaired) electrons. The number of amides is 1. The lowest BCUT2D eigenvalue weighted by atomic mass is 9.85. The van der Waals surface area contributed by atoms with Gasteiger partial charge in [0.05, 0.1) is 13.5 Å². The maximum Gasteiger partial charge on any atom is 0.224 e. The van der Waals surface area contributed by atoms with Crippen LogP contribution in [0.5, 0.6) is 5.75 Å². The summed E-state index contributed by atoms with van der Waals surface area (Å²) in [6.45, 7) is 11.6. The number of hydrogen-bond acceptors (Lipinski definition) is 2. The Balaban J connectivity index is 2.64. The van der Waals surface area contributed by atoms with Crippen LogP contribution in [0.3, 0.4) is 0 Å². The van der Waals surface area contributed by atoms with E-state index >= 15 is 0 Å². The van der Waals surface area contributed by atoms with Gasteiger partial charge in [-0.15, -0.1) is 0 Å². The first-order chi connectivity index (χ1) is 9.85. The number of methoxy groups -OCH3 is 1. The van der Waals surface area contributed by atoms with E-state index in [4.69, 9.17) is 4.74 Å². The first-order valence-electron chi connectivity index (χ1n) is 7.75. The third kappa shape index (κ3) is 5.41. The van der Waals surface area contributed by atoms with Crippen molar-refractivity contribution in [1.29, 1.82) is 0 Å². The van der Waals surface area contributed by atoms with Crippen LogP contribution in [0.25, 0.3) is 0 Å². The zero-order valence-electron chi connectivity index (χ0n) is 14.2. The molecule has 0 fully saturated rings. The fraction of sp³-hybridized carbons (Fsp3) is 0.611. The molecule has 118 valence electrons. The van der Waals surface area contributed by atoms with E-state index in [0.29, 0.717) is 24.2 Å². The Morgan fingerprint density at radius 1 is 1.19 bits per heavy atom. The smallest absolute Gasteiger partial charge is 0.224 e. The topological polar surface area (TPSA) is 38.3 Å². The number of nitrogens with one attached hydrogen (secondary N) is 1. The normalized spacial score (nSPS) is 11.3. The molecule has 0 heterocycles. The second kappa shape index (κ2) is 8.06. The van der Waals surface area contributed by atoms with Gasteiger partial charge in [-0.2, -0.15) is 0 Å². The Bertz CT molecular complexity index is 458. The summed E-state index contributed by atoms with van der Waals surface area (Å²) in [4.78, 5) is 12.2. The molecule has 1 N–H and O–H groups in total. The van der Waals surface area contributed by atoms with E-state index in [1.54, 1.807) is 7.11 Å². The molecule has 0 atom stereocenters. The molecule has 0 aliphatic rings. The fourth-order valence-electron chi connectivity index (χ4n) is 2.75. The average molecular weight is 291 g/mol. The van der Waals surface area contributed by atoms with Crippen molar-refractivity contribution in [3.05, 3.63) is 29.3 Å². The number of ether oxygens (including phenoxy) is 1. The summed E-state index contributed by atoms with van der Waals surface area (Å²) in [6, 6.07) is 5.93. The third-order valence-electron chi connectivity index (χ3n) is 4.03. The first kappa shape index (κ1) is 17.5. The lowest BCUT2D eigenvalue weighted by Gasteiger charge is -2.25. The van der Waals surface area contributed by atoms with Gasteiger partial charge in [-0.3, -0.25) is 4.79 Å². The minimum atomic E-state index is 0.0604. The van der Waals surface area contributed by atoms with Crippen LogP contribution in [0.15, 0.2) is 18.2 Å². The lowest BCUT2D eigenvalue weighted by Crippen LogP contribution is -2.34. The molecule has 21 heavy (non-hydrogen) atoms. The van der Waals surface area contributed by atoms with Crippen molar-refractivity contribution in [3.63, 3.8) is 0 Å². The summed E-state index contributed by atoms with van der Waals surface area (Å²) < 4.78 is 5.32. The van der Waals surface area contributed by atoms with Gasteiger partial charge in [0.25, 0.3) is 0 Å². The van der Waals surface area contributed by atoms with Crippen LogP contribution in [0.4, 0.5) is 0 Å². The number of rotatable bonds is 7. The molecular weight excluding hydrogens is 262 g/mol. The molecule has 3 heteroatoms. The van der Waals surface area contributed by atoms with E-state index in [1.165, 1.54) is 0 Å². The molecule has 1 rings (SSSR count). The van der Waals surface area contributed by atoms with Gasteiger partial charge in [-0.1, -0.05) is 45.4 Å². The van der Waals surface area contributed by atoms with Gasteiger partial charge in [0.2, 0.25) is 5.91 Å². The van der Waals surface area contributed by atoms with Crippen LogP contribution in [0.2, 0.25) is 0 Å². The number of carbonyl (C=O) groups excluding carboxylic acids is 1. The molecule has 0 aliphatic carbocycles. The van der Waals surface area contributed by atoms with Gasteiger partial charge in [-0.05, 0) is 30.7 Å². The van der Waals surface area contributed by atoms with Gasteiger partial charge < -0.3 is 10.1 Å². The number of aryl methyl sites for hydroxylation is 1. The monoisotopic (exact) mass is 291 g/mol. The lowest BCUT2D eigenvalue weighted by molar-refractivity contribution is -0.120. The maximum atomic E-state index is 12.2. The van der Waals surface area contributed by atoms with Crippen molar-refractivity contribution in [1.82, 2.24) is 5.32 Å². The van der Waals surface area contributed by atoms with Gasteiger partial charge in [0.1, 0.15) is 5.75 Å².